The molecule has 2 aliphatic heterocycles. The number of rotatable bonds is 3. The van der Waals surface area contributed by atoms with E-state index in [9.17, 15) is 4.79 Å². The van der Waals surface area contributed by atoms with Crippen molar-refractivity contribution in [2.45, 2.75) is 30.0 Å². The van der Waals surface area contributed by atoms with Crippen LogP contribution in [0.1, 0.15) is 35.3 Å². The summed E-state index contributed by atoms with van der Waals surface area (Å²) in [5, 5.41) is 4.03. The Labute approximate surface area is 168 Å². The molecule has 1 saturated heterocycles. The van der Waals surface area contributed by atoms with Crippen molar-refractivity contribution in [3.63, 3.8) is 0 Å². The van der Waals surface area contributed by atoms with E-state index in [0.717, 1.165) is 17.0 Å². The van der Waals surface area contributed by atoms with Gasteiger partial charge in [-0.3, -0.25) is 4.90 Å². The lowest BCUT2D eigenvalue weighted by Gasteiger charge is -2.52. The van der Waals surface area contributed by atoms with Crippen LogP contribution in [0.25, 0.3) is 0 Å². The molecule has 0 aliphatic carbocycles. The van der Waals surface area contributed by atoms with Gasteiger partial charge in [-0.05, 0) is 61.8 Å². The van der Waals surface area contributed by atoms with E-state index in [-0.39, 0.29) is 12.0 Å². The van der Waals surface area contributed by atoms with E-state index in [1.54, 1.807) is 17.8 Å². The Kier molecular flexibility index (Phi) is 4.52. The topological polar surface area (TPSA) is 50.8 Å². The van der Waals surface area contributed by atoms with E-state index < -0.39 is 5.72 Å². The number of benzene rings is 2. The number of ether oxygens (including phenoxy) is 2. The van der Waals surface area contributed by atoms with Crippen molar-refractivity contribution in [1.29, 1.82) is 0 Å². The van der Waals surface area contributed by atoms with Crippen LogP contribution in [0.5, 0.6) is 5.75 Å². The summed E-state index contributed by atoms with van der Waals surface area (Å²) in [5.41, 5.74) is 1.82. The van der Waals surface area contributed by atoms with Crippen LogP contribution in [0.3, 0.4) is 0 Å². The van der Waals surface area contributed by atoms with Gasteiger partial charge in [0.2, 0.25) is 0 Å². The molecule has 27 heavy (non-hydrogen) atoms. The average Bonchev–Trinajstić information content (AvgIpc) is 2.66. The molecular formula is C20H20N2O3S2. The minimum absolute atomic E-state index is 0.0177. The van der Waals surface area contributed by atoms with Gasteiger partial charge in [-0.15, -0.1) is 11.8 Å². The van der Waals surface area contributed by atoms with Gasteiger partial charge in [0.15, 0.2) is 10.8 Å². The largest absolute Gasteiger partial charge is 0.467 e. The lowest BCUT2D eigenvalue weighted by Crippen LogP contribution is -2.65. The van der Waals surface area contributed by atoms with Crippen LogP contribution >= 0.6 is 24.0 Å². The first-order chi connectivity index (χ1) is 12.9. The predicted octanol–water partition coefficient (Wildman–Crippen LogP) is 4.13. The molecule has 2 unspecified atom stereocenters. The Morgan fingerprint density at radius 3 is 2.93 bits per heavy atom. The van der Waals surface area contributed by atoms with Gasteiger partial charge in [0.05, 0.1) is 18.7 Å². The molecular weight excluding hydrogens is 380 g/mol. The van der Waals surface area contributed by atoms with Crippen LogP contribution in [0.4, 0.5) is 5.69 Å². The van der Waals surface area contributed by atoms with Gasteiger partial charge in [0, 0.05) is 22.6 Å². The molecule has 4 rings (SSSR count). The maximum Gasteiger partial charge on any atom is 0.337 e. The SMILES string of the molecule is COC(=O)c1ccc2c(c1)C1CC(C)(O2)N(c2cccc(SC)c2)C(=S)N1. The highest BCUT2D eigenvalue weighted by Gasteiger charge is 2.48. The number of esters is 1. The zero-order chi connectivity index (χ0) is 19.2. The third-order valence-corrected chi connectivity index (χ3v) is 6.03. The number of thiocarbonyl (C=S) groups is 1. The number of nitrogens with zero attached hydrogens (tertiary/aromatic N) is 1. The maximum absolute atomic E-state index is 11.9. The van der Waals surface area contributed by atoms with Crippen molar-refractivity contribution in [1.82, 2.24) is 5.32 Å². The van der Waals surface area contributed by atoms with E-state index in [4.69, 9.17) is 21.7 Å². The predicted molar refractivity (Wildman–Crippen MR) is 111 cm³/mol. The number of hydrogen-bond donors (Lipinski definition) is 1. The summed E-state index contributed by atoms with van der Waals surface area (Å²) in [6.45, 7) is 2.05. The van der Waals surface area contributed by atoms with Crippen molar-refractivity contribution in [2.75, 3.05) is 18.3 Å². The Morgan fingerprint density at radius 1 is 1.37 bits per heavy atom. The van der Waals surface area contributed by atoms with E-state index in [1.807, 2.05) is 29.2 Å². The second kappa shape index (κ2) is 6.73. The fourth-order valence-electron chi connectivity index (χ4n) is 3.76. The molecule has 2 aliphatic rings. The molecule has 2 heterocycles. The van der Waals surface area contributed by atoms with Crippen molar-refractivity contribution in [2.24, 2.45) is 0 Å². The van der Waals surface area contributed by atoms with E-state index in [0.29, 0.717) is 17.1 Å². The third kappa shape index (κ3) is 3.04. The zero-order valence-electron chi connectivity index (χ0n) is 15.3. The van der Waals surface area contributed by atoms with Crippen molar-refractivity contribution < 1.29 is 14.3 Å². The minimum Gasteiger partial charge on any atom is -0.467 e. The van der Waals surface area contributed by atoms with Crippen LogP contribution in [0.2, 0.25) is 0 Å². The fraction of sp³-hybridized carbons (Fsp3) is 0.300. The molecule has 1 N–H and O–H groups in total. The molecule has 7 heteroatoms. The molecule has 0 amide bonds. The lowest BCUT2D eigenvalue weighted by molar-refractivity contribution is 0.0494. The summed E-state index contributed by atoms with van der Waals surface area (Å²) < 4.78 is 11.2. The van der Waals surface area contributed by atoms with Crippen LogP contribution in [0.15, 0.2) is 47.4 Å². The highest BCUT2D eigenvalue weighted by atomic mass is 32.2. The number of fused-ring (bicyclic) bond motifs is 4. The first kappa shape index (κ1) is 18.1. The van der Waals surface area contributed by atoms with Crippen LogP contribution in [-0.4, -0.2) is 30.2 Å². The molecule has 140 valence electrons. The van der Waals surface area contributed by atoms with Crippen molar-refractivity contribution >= 4 is 40.7 Å². The van der Waals surface area contributed by atoms with Gasteiger partial charge >= 0.3 is 5.97 Å². The summed E-state index contributed by atoms with van der Waals surface area (Å²) in [7, 11) is 1.38. The number of carbonyl (C=O) groups excluding carboxylic acids is 1. The summed E-state index contributed by atoms with van der Waals surface area (Å²) in [6.07, 6.45) is 2.75. The Morgan fingerprint density at radius 2 is 2.19 bits per heavy atom. The Bertz CT molecular complexity index is 933. The van der Waals surface area contributed by atoms with Gasteiger partial charge < -0.3 is 14.8 Å². The highest BCUT2D eigenvalue weighted by Crippen LogP contribution is 2.46. The quantitative estimate of drug-likeness (QED) is 0.472. The maximum atomic E-state index is 11.9. The number of carbonyl (C=O) groups is 1. The van der Waals surface area contributed by atoms with E-state index >= 15 is 0 Å². The summed E-state index contributed by atoms with van der Waals surface area (Å²) in [4.78, 5) is 15.1. The van der Waals surface area contributed by atoms with Gasteiger partial charge in [-0.2, -0.15) is 0 Å². The van der Waals surface area contributed by atoms with E-state index in [2.05, 4.69) is 30.6 Å². The number of methoxy groups -OCH3 is 1. The second-order valence-electron chi connectivity index (χ2n) is 6.76. The minimum atomic E-state index is -0.607. The monoisotopic (exact) mass is 400 g/mol. The molecule has 0 spiro atoms. The third-order valence-electron chi connectivity index (χ3n) is 5.00. The Balaban J connectivity index is 1.75. The first-order valence-corrected chi connectivity index (χ1v) is 10.2. The molecule has 2 aromatic carbocycles. The summed E-state index contributed by atoms with van der Waals surface area (Å²) in [6, 6.07) is 13.6. The van der Waals surface area contributed by atoms with Crippen molar-refractivity contribution in [3.8, 4) is 5.75 Å². The van der Waals surface area contributed by atoms with Crippen LogP contribution < -0.4 is 15.0 Å². The van der Waals surface area contributed by atoms with Gasteiger partial charge in [-0.25, -0.2) is 4.79 Å². The molecule has 2 bridgehead atoms. The zero-order valence-corrected chi connectivity index (χ0v) is 16.9. The number of anilines is 1. The van der Waals surface area contributed by atoms with E-state index in [1.165, 1.54) is 12.0 Å². The van der Waals surface area contributed by atoms with Crippen LogP contribution in [-0.2, 0) is 4.74 Å². The number of nitrogens with one attached hydrogen (secondary N) is 1. The molecule has 5 nitrogen and oxygen atoms in total. The lowest BCUT2D eigenvalue weighted by atomic mass is 9.89. The number of hydrogen-bond acceptors (Lipinski definition) is 5. The van der Waals surface area contributed by atoms with Crippen molar-refractivity contribution in [3.05, 3.63) is 53.6 Å². The summed E-state index contributed by atoms with van der Waals surface area (Å²) >= 11 is 7.38. The smallest absolute Gasteiger partial charge is 0.337 e. The summed E-state index contributed by atoms with van der Waals surface area (Å²) in [5.74, 6) is 0.391. The highest BCUT2D eigenvalue weighted by molar-refractivity contribution is 7.98. The fourth-order valence-corrected chi connectivity index (χ4v) is 4.65. The molecule has 2 aromatic rings. The standard InChI is InChI=1S/C20H20N2O3S2/c1-20-11-16(15-9-12(18(23)24-2)7-8-17(15)25-20)21-19(26)22(20)13-5-4-6-14(10-13)27-3/h4-10,16H,11H2,1-3H3,(H,21,26). The first-order valence-electron chi connectivity index (χ1n) is 8.61. The van der Waals surface area contributed by atoms with Gasteiger partial charge in [0.1, 0.15) is 5.75 Å². The second-order valence-corrected chi connectivity index (χ2v) is 8.03. The number of thioether (sulfide) groups is 1. The van der Waals surface area contributed by atoms with Crippen LogP contribution in [0, 0.1) is 0 Å². The molecule has 2 atom stereocenters. The average molecular weight is 401 g/mol. The Hall–Kier alpha value is -2.25. The van der Waals surface area contributed by atoms with Gasteiger partial charge in [0.25, 0.3) is 0 Å². The van der Waals surface area contributed by atoms with Gasteiger partial charge in [-0.1, -0.05) is 6.07 Å². The molecule has 0 aromatic heterocycles. The molecule has 0 saturated carbocycles. The molecule has 1 fully saturated rings. The normalized spacial score (nSPS) is 23.1. The molecule has 0 radical (unpaired) electrons.